The van der Waals surface area contributed by atoms with E-state index in [1.165, 1.54) is 0 Å². The van der Waals surface area contributed by atoms with Crippen LogP contribution in [0.1, 0.15) is 22.9 Å². The molecule has 0 bridgehead atoms. The Bertz CT molecular complexity index is 791. The van der Waals surface area contributed by atoms with E-state index in [9.17, 15) is 0 Å². The topological polar surface area (TPSA) is 69.6 Å². The Balaban J connectivity index is 1.99. The van der Waals surface area contributed by atoms with Crippen LogP contribution in [-0.2, 0) is 13.5 Å². The van der Waals surface area contributed by atoms with Gasteiger partial charge in [0.2, 0.25) is 0 Å². The Morgan fingerprint density at radius 1 is 1.29 bits per heavy atom. The number of benzene rings is 1. The van der Waals surface area contributed by atoms with Crippen molar-refractivity contribution in [1.29, 1.82) is 0 Å². The minimum Gasteiger partial charge on any atom is -0.324 e. The Hall–Kier alpha value is -1.98. The fraction of sp³-hybridized carbons (Fsp3) is 0.267. The number of rotatable bonds is 3. The molecule has 2 aromatic heterocycles. The summed E-state index contributed by atoms with van der Waals surface area (Å²) in [6.07, 6.45) is 3.98. The third kappa shape index (κ3) is 2.50. The van der Waals surface area contributed by atoms with E-state index in [1.54, 1.807) is 17.1 Å². The second-order valence-electron chi connectivity index (χ2n) is 5.06. The van der Waals surface area contributed by atoms with Crippen molar-refractivity contribution in [1.82, 2.24) is 19.7 Å². The van der Waals surface area contributed by atoms with E-state index < -0.39 is 0 Å². The lowest BCUT2D eigenvalue weighted by Crippen LogP contribution is -2.15. The van der Waals surface area contributed by atoms with Crippen LogP contribution in [0.3, 0.4) is 0 Å². The van der Waals surface area contributed by atoms with E-state index in [4.69, 9.17) is 17.3 Å². The SMILES string of the molecule is Cc1nn(C)c(Cl)c1CC(N)c1cccc2nccnc12. The van der Waals surface area contributed by atoms with E-state index >= 15 is 0 Å². The smallest absolute Gasteiger partial charge is 0.130 e. The molecule has 0 saturated carbocycles. The monoisotopic (exact) mass is 301 g/mol. The summed E-state index contributed by atoms with van der Waals surface area (Å²) in [4.78, 5) is 8.71. The molecule has 2 N–H and O–H groups in total. The Labute approximate surface area is 127 Å². The van der Waals surface area contributed by atoms with Crippen LogP contribution in [0.4, 0.5) is 0 Å². The van der Waals surface area contributed by atoms with Gasteiger partial charge in [-0.2, -0.15) is 5.10 Å². The predicted octanol–water partition coefficient (Wildman–Crippen LogP) is 2.57. The van der Waals surface area contributed by atoms with Gasteiger partial charge in [-0.25, -0.2) is 0 Å². The number of fused-ring (bicyclic) bond motifs is 1. The van der Waals surface area contributed by atoms with Crippen LogP contribution in [0, 0.1) is 6.92 Å². The highest BCUT2D eigenvalue weighted by atomic mass is 35.5. The summed E-state index contributed by atoms with van der Waals surface area (Å²) in [6, 6.07) is 5.66. The van der Waals surface area contributed by atoms with Gasteiger partial charge in [-0.15, -0.1) is 0 Å². The van der Waals surface area contributed by atoms with Crippen LogP contribution < -0.4 is 5.73 Å². The second kappa shape index (κ2) is 5.42. The number of aromatic nitrogens is 4. The lowest BCUT2D eigenvalue weighted by atomic mass is 9.99. The normalized spacial score (nSPS) is 12.8. The van der Waals surface area contributed by atoms with Crippen molar-refractivity contribution in [2.45, 2.75) is 19.4 Å². The summed E-state index contributed by atoms with van der Waals surface area (Å²) in [5.41, 5.74) is 10.9. The van der Waals surface area contributed by atoms with Crippen LogP contribution in [0.2, 0.25) is 5.15 Å². The summed E-state index contributed by atoms with van der Waals surface area (Å²) in [6.45, 7) is 1.94. The molecule has 6 heteroatoms. The number of nitrogens with two attached hydrogens (primary N) is 1. The van der Waals surface area contributed by atoms with Crippen LogP contribution in [-0.4, -0.2) is 19.7 Å². The number of hydrogen-bond donors (Lipinski definition) is 1. The zero-order valence-corrected chi connectivity index (χ0v) is 12.7. The van der Waals surface area contributed by atoms with Gasteiger partial charge in [-0.1, -0.05) is 23.7 Å². The molecule has 2 heterocycles. The van der Waals surface area contributed by atoms with Crippen LogP contribution in [0.5, 0.6) is 0 Å². The Morgan fingerprint density at radius 3 is 2.76 bits per heavy atom. The highest BCUT2D eigenvalue weighted by molar-refractivity contribution is 6.30. The van der Waals surface area contributed by atoms with Crippen LogP contribution in [0.25, 0.3) is 11.0 Å². The van der Waals surface area contributed by atoms with E-state index in [2.05, 4.69) is 15.1 Å². The van der Waals surface area contributed by atoms with Gasteiger partial charge < -0.3 is 5.73 Å². The molecule has 0 aliphatic heterocycles. The fourth-order valence-electron chi connectivity index (χ4n) is 2.55. The molecular weight excluding hydrogens is 286 g/mol. The molecule has 21 heavy (non-hydrogen) atoms. The first-order chi connectivity index (χ1) is 10.1. The summed E-state index contributed by atoms with van der Waals surface area (Å²) >= 11 is 6.28. The highest BCUT2D eigenvalue weighted by Gasteiger charge is 2.18. The van der Waals surface area contributed by atoms with Crippen LogP contribution in [0.15, 0.2) is 30.6 Å². The molecule has 3 aromatic rings. The van der Waals surface area contributed by atoms with Crippen molar-refractivity contribution >= 4 is 22.6 Å². The number of para-hydroxylation sites is 1. The van der Waals surface area contributed by atoms with Gasteiger partial charge in [0.25, 0.3) is 0 Å². The van der Waals surface area contributed by atoms with Gasteiger partial charge in [0, 0.05) is 31.0 Å². The van der Waals surface area contributed by atoms with E-state index in [1.807, 2.05) is 32.2 Å². The van der Waals surface area contributed by atoms with E-state index in [0.717, 1.165) is 27.9 Å². The highest BCUT2D eigenvalue weighted by Crippen LogP contribution is 2.27. The fourth-order valence-corrected chi connectivity index (χ4v) is 2.80. The lowest BCUT2D eigenvalue weighted by Gasteiger charge is -2.13. The molecule has 0 aliphatic carbocycles. The number of nitrogens with zero attached hydrogens (tertiary/aromatic N) is 4. The second-order valence-corrected chi connectivity index (χ2v) is 5.42. The molecule has 1 aromatic carbocycles. The lowest BCUT2D eigenvalue weighted by molar-refractivity contribution is 0.722. The van der Waals surface area contributed by atoms with Gasteiger partial charge in [0.1, 0.15) is 5.15 Å². The standard InChI is InChI=1S/C15H16ClN5/c1-9-11(15(16)21(2)20-9)8-12(17)10-4-3-5-13-14(10)19-7-6-18-13/h3-7,12H,8,17H2,1-2H3. The first-order valence-corrected chi connectivity index (χ1v) is 7.09. The molecule has 0 aliphatic rings. The maximum Gasteiger partial charge on any atom is 0.130 e. The summed E-state index contributed by atoms with van der Waals surface area (Å²) in [5, 5.41) is 4.95. The van der Waals surface area contributed by atoms with Gasteiger partial charge in [-0.3, -0.25) is 14.6 Å². The maximum absolute atomic E-state index is 6.38. The minimum absolute atomic E-state index is 0.203. The van der Waals surface area contributed by atoms with E-state index in [-0.39, 0.29) is 6.04 Å². The van der Waals surface area contributed by atoms with Gasteiger partial charge >= 0.3 is 0 Å². The van der Waals surface area contributed by atoms with Crippen molar-refractivity contribution in [3.05, 3.63) is 52.6 Å². The summed E-state index contributed by atoms with van der Waals surface area (Å²) < 4.78 is 1.67. The molecule has 3 rings (SSSR count). The van der Waals surface area contributed by atoms with Gasteiger partial charge in [0.15, 0.2) is 0 Å². The molecular formula is C15H16ClN5. The number of hydrogen-bond acceptors (Lipinski definition) is 4. The Morgan fingerprint density at radius 2 is 2.05 bits per heavy atom. The average Bonchev–Trinajstić information content (AvgIpc) is 2.73. The summed E-state index contributed by atoms with van der Waals surface area (Å²) in [7, 11) is 1.83. The molecule has 0 saturated heterocycles. The number of aryl methyl sites for hydroxylation is 2. The zero-order chi connectivity index (χ0) is 15.0. The van der Waals surface area contributed by atoms with Crippen LogP contribution >= 0.6 is 11.6 Å². The number of halogens is 1. The first kappa shape index (κ1) is 14.0. The third-order valence-electron chi connectivity index (χ3n) is 3.62. The third-order valence-corrected chi connectivity index (χ3v) is 4.10. The Kier molecular flexibility index (Phi) is 3.61. The van der Waals surface area contributed by atoms with Crippen molar-refractivity contribution in [2.75, 3.05) is 0 Å². The first-order valence-electron chi connectivity index (χ1n) is 6.71. The summed E-state index contributed by atoms with van der Waals surface area (Å²) in [5.74, 6) is 0. The molecule has 1 unspecified atom stereocenters. The van der Waals surface area contributed by atoms with Gasteiger partial charge in [-0.05, 0) is 25.0 Å². The molecule has 5 nitrogen and oxygen atoms in total. The van der Waals surface area contributed by atoms with Crippen molar-refractivity contribution in [3.8, 4) is 0 Å². The van der Waals surface area contributed by atoms with Gasteiger partial charge in [0.05, 0.1) is 16.7 Å². The van der Waals surface area contributed by atoms with Crippen molar-refractivity contribution in [3.63, 3.8) is 0 Å². The maximum atomic E-state index is 6.38. The molecule has 0 fully saturated rings. The molecule has 108 valence electrons. The molecule has 1 atom stereocenters. The average molecular weight is 302 g/mol. The molecule has 0 radical (unpaired) electrons. The zero-order valence-electron chi connectivity index (χ0n) is 11.9. The molecule has 0 amide bonds. The van der Waals surface area contributed by atoms with E-state index in [0.29, 0.717) is 11.6 Å². The van der Waals surface area contributed by atoms with Crippen molar-refractivity contribution in [2.24, 2.45) is 12.8 Å². The van der Waals surface area contributed by atoms with Crippen molar-refractivity contribution < 1.29 is 0 Å². The largest absolute Gasteiger partial charge is 0.324 e. The molecule has 0 spiro atoms. The minimum atomic E-state index is -0.203. The quantitative estimate of drug-likeness (QED) is 0.807. The predicted molar refractivity (Wildman–Crippen MR) is 83.1 cm³/mol.